The van der Waals surface area contributed by atoms with Crippen LogP contribution in [0.4, 0.5) is 10.3 Å². The van der Waals surface area contributed by atoms with Gasteiger partial charge in [0.05, 0.1) is 5.41 Å². The molecule has 0 radical (unpaired) electrons. The normalized spacial score (nSPS) is 19.2. The first kappa shape index (κ1) is 15.1. The summed E-state index contributed by atoms with van der Waals surface area (Å²) in [6, 6.07) is 8.44. The van der Waals surface area contributed by atoms with Gasteiger partial charge in [-0.15, -0.1) is 0 Å². The molecule has 2 fully saturated rings. The van der Waals surface area contributed by atoms with Gasteiger partial charge in [-0.2, -0.15) is 0 Å². The third-order valence-electron chi connectivity index (χ3n) is 4.95. The zero-order valence-electron chi connectivity index (χ0n) is 13.4. The molecule has 2 aliphatic rings. The van der Waals surface area contributed by atoms with Crippen molar-refractivity contribution in [2.75, 3.05) is 31.1 Å². The molecule has 1 aromatic carbocycles. The Hall–Kier alpha value is -2.50. The van der Waals surface area contributed by atoms with Gasteiger partial charge in [0.2, 0.25) is 11.9 Å². The van der Waals surface area contributed by atoms with Crippen LogP contribution in [0.1, 0.15) is 18.4 Å². The summed E-state index contributed by atoms with van der Waals surface area (Å²) in [6.07, 6.45) is 4.90. The number of carbonyl (C=O) groups excluding carboxylic acids is 1. The predicted molar refractivity (Wildman–Crippen MR) is 88.1 cm³/mol. The first-order chi connectivity index (χ1) is 11.7. The third-order valence-corrected chi connectivity index (χ3v) is 4.95. The third kappa shape index (κ3) is 2.52. The standard InChI is InChI=1S/C18H19FN4O/c19-15-5-2-1-4-14(15)18(6-7-18)16(24)22-10-12-23(13-11-22)17-20-8-3-9-21-17/h1-5,8-9H,6-7,10-13H2. The highest BCUT2D eigenvalue weighted by molar-refractivity contribution is 5.91. The molecule has 0 spiro atoms. The quantitative estimate of drug-likeness (QED) is 0.866. The molecule has 5 nitrogen and oxygen atoms in total. The summed E-state index contributed by atoms with van der Waals surface area (Å²) in [6.45, 7) is 2.63. The molecule has 1 amide bonds. The lowest BCUT2D eigenvalue weighted by molar-refractivity contribution is -0.134. The van der Waals surface area contributed by atoms with E-state index in [2.05, 4.69) is 14.9 Å². The number of piperazine rings is 1. The maximum Gasteiger partial charge on any atom is 0.233 e. The number of rotatable bonds is 3. The average molecular weight is 326 g/mol. The Morgan fingerprint density at radius 3 is 2.29 bits per heavy atom. The molecule has 1 aromatic heterocycles. The lowest BCUT2D eigenvalue weighted by Crippen LogP contribution is -2.52. The van der Waals surface area contributed by atoms with Crippen molar-refractivity contribution in [1.82, 2.24) is 14.9 Å². The number of amides is 1. The van der Waals surface area contributed by atoms with Gasteiger partial charge in [-0.1, -0.05) is 18.2 Å². The fourth-order valence-electron chi connectivity index (χ4n) is 3.44. The molecule has 6 heteroatoms. The van der Waals surface area contributed by atoms with Crippen LogP contribution in [-0.4, -0.2) is 47.0 Å². The van der Waals surface area contributed by atoms with Crippen molar-refractivity contribution >= 4 is 11.9 Å². The van der Waals surface area contributed by atoms with E-state index in [-0.39, 0.29) is 11.7 Å². The molecule has 0 N–H and O–H groups in total. The van der Waals surface area contributed by atoms with E-state index in [0.29, 0.717) is 37.7 Å². The van der Waals surface area contributed by atoms with Crippen LogP contribution in [0.15, 0.2) is 42.7 Å². The Balaban J connectivity index is 1.46. The lowest BCUT2D eigenvalue weighted by Gasteiger charge is -2.36. The van der Waals surface area contributed by atoms with Crippen molar-refractivity contribution in [1.29, 1.82) is 0 Å². The van der Waals surface area contributed by atoms with Crippen LogP contribution in [-0.2, 0) is 10.2 Å². The minimum absolute atomic E-state index is 0.0567. The van der Waals surface area contributed by atoms with Gasteiger partial charge >= 0.3 is 0 Å². The fourth-order valence-corrected chi connectivity index (χ4v) is 3.44. The molecule has 1 saturated carbocycles. The molecule has 4 rings (SSSR count). The highest BCUT2D eigenvalue weighted by Crippen LogP contribution is 2.50. The first-order valence-corrected chi connectivity index (χ1v) is 8.27. The van der Waals surface area contributed by atoms with Crippen molar-refractivity contribution in [2.45, 2.75) is 18.3 Å². The Bertz CT molecular complexity index is 740. The number of nitrogens with zero attached hydrogens (tertiary/aromatic N) is 4. The van der Waals surface area contributed by atoms with Crippen LogP contribution in [0.2, 0.25) is 0 Å². The molecule has 2 aromatic rings. The van der Waals surface area contributed by atoms with Crippen molar-refractivity contribution in [2.24, 2.45) is 0 Å². The molecule has 0 unspecified atom stereocenters. The molecule has 1 aliphatic carbocycles. The molecular formula is C18H19FN4O. The van der Waals surface area contributed by atoms with Crippen LogP contribution in [0, 0.1) is 5.82 Å². The highest BCUT2D eigenvalue weighted by atomic mass is 19.1. The molecule has 1 saturated heterocycles. The topological polar surface area (TPSA) is 49.3 Å². The molecular weight excluding hydrogens is 307 g/mol. The zero-order chi connectivity index (χ0) is 16.6. The second-order valence-corrected chi connectivity index (χ2v) is 6.39. The van der Waals surface area contributed by atoms with Crippen LogP contribution >= 0.6 is 0 Å². The van der Waals surface area contributed by atoms with Crippen LogP contribution in [0.5, 0.6) is 0 Å². The van der Waals surface area contributed by atoms with Gasteiger partial charge in [-0.05, 0) is 25.0 Å². The van der Waals surface area contributed by atoms with E-state index >= 15 is 0 Å². The van der Waals surface area contributed by atoms with Gasteiger partial charge in [-0.3, -0.25) is 4.79 Å². The number of carbonyl (C=O) groups is 1. The molecule has 0 bridgehead atoms. The van der Waals surface area contributed by atoms with Crippen LogP contribution < -0.4 is 4.90 Å². The summed E-state index contributed by atoms with van der Waals surface area (Å²) >= 11 is 0. The Morgan fingerprint density at radius 1 is 1.00 bits per heavy atom. The maximum atomic E-state index is 14.1. The Kier molecular flexibility index (Phi) is 3.67. The van der Waals surface area contributed by atoms with Crippen molar-refractivity contribution < 1.29 is 9.18 Å². The van der Waals surface area contributed by atoms with E-state index in [0.717, 1.165) is 12.8 Å². The predicted octanol–water partition coefficient (Wildman–Crippen LogP) is 2.00. The van der Waals surface area contributed by atoms with E-state index in [4.69, 9.17) is 0 Å². The number of halogens is 1. The van der Waals surface area contributed by atoms with Crippen LogP contribution in [0.3, 0.4) is 0 Å². The maximum absolute atomic E-state index is 14.1. The summed E-state index contributed by atoms with van der Waals surface area (Å²) in [4.78, 5) is 25.4. The van der Waals surface area contributed by atoms with Gasteiger partial charge in [0.25, 0.3) is 0 Å². The summed E-state index contributed by atoms with van der Waals surface area (Å²) in [7, 11) is 0. The van der Waals surface area contributed by atoms with Gasteiger partial charge in [0.1, 0.15) is 5.82 Å². The summed E-state index contributed by atoms with van der Waals surface area (Å²) in [5, 5.41) is 0. The monoisotopic (exact) mass is 326 g/mol. The minimum Gasteiger partial charge on any atom is -0.338 e. The molecule has 1 aliphatic heterocycles. The van der Waals surface area contributed by atoms with E-state index in [1.807, 2.05) is 4.90 Å². The second kappa shape index (κ2) is 5.85. The number of benzene rings is 1. The molecule has 124 valence electrons. The highest BCUT2D eigenvalue weighted by Gasteiger charge is 2.54. The summed E-state index contributed by atoms with van der Waals surface area (Å²) in [5.74, 6) is 0.473. The van der Waals surface area contributed by atoms with Gasteiger partial charge in [0.15, 0.2) is 0 Å². The van der Waals surface area contributed by atoms with E-state index in [1.54, 1.807) is 36.7 Å². The van der Waals surface area contributed by atoms with Gasteiger partial charge in [-0.25, -0.2) is 14.4 Å². The number of aromatic nitrogens is 2. The van der Waals surface area contributed by atoms with Gasteiger partial charge in [0, 0.05) is 44.1 Å². The minimum atomic E-state index is -0.642. The first-order valence-electron chi connectivity index (χ1n) is 8.27. The van der Waals surface area contributed by atoms with Crippen LogP contribution in [0.25, 0.3) is 0 Å². The molecule has 0 atom stereocenters. The van der Waals surface area contributed by atoms with Crippen molar-refractivity contribution in [3.63, 3.8) is 0 Å². The van der Waals surface area contributed by atoms with E-state index in [9.17, 15) is 9.18 Å². The zero-order valence-corrected chi connectivity index (χ0v) is 13.4. The van der Waals surface area contributed by atoms with Gasteiger partial charge < -0.3 is 9.80 Å². The van der Waals surface area contributed by atoms with E-state index in [1.165, 1.54) is 6.07 Å². The number of hydrogen-bond donors (Lipinski definition) is 0. The average Bonchev–Trinajstić information content (AvgIpc) is 3.44. The fraction of sp³-hybridized carbons (Fsp3) is 0.389. The molecule has 24 heavy (non-hydrogen) atoms. The number of hydrogen-bond acceptors (Lipinski definition) is 4. The molecule has 2 heterocycles. The van der Waals surface area contributed by atoms with Crippen molar-refractivity contribution in [3.8, 4) is 0 Å². The summed E-state index contributed by atoms with van der Waals surface area (Å²) in [5.41, 5.74) is -0.0969. The Labute approximate surface area is 140 Å². The number of anilines is 1. The largest absolute Gasteiger partial charge is 0.338 e. The summed E-state index contributed by atoms with van der Waals surface area (Å²) < 4.78 is 14.1. The second-order valence-electron chi connectivity index (χ2n) is 6.39. The SMILES string of the molecule is O=C(N1CCN(c2ncccn2)CC1)C1(c2ccccc2F)CC1. The Morgan fingerprint density at radius 2 is 1.67 bits per heavy atom. The van der Waals surface area contributed by atoms with Crippen molar-refractivity contribution in [3.05, 3.63) is 54.1 Å². The van der Waals surface area contributed by atoms with E-state index < -0.39 is 5.41 Å². The lowest BCUT2D eigenvalue weighted by atomic mass is 9.93. The smallest absolute Gasteiger partial charge is 0.233 e.